The molecule has 2 nitrogen and oxygen atoms in total. The summed E-state index contributed by atoms with van der Waals surface area (Å²) < 4.78 is 0. The van der Waals surface area contributed by atoms with Crippen molar-refractivity contribution in [3.05, 3.63) is 34.9 Å². The molecule has 2 unspecified atom stereocenters. The number of aliphatic hydroxyl groups excluding tert-OH is 1. The Bertz CT molecular complexity index is 348. The van der Waals surface area contributed by atoms with Crippen molar-refractivity contribution < 1.29 is 5.11 Å². The smallest absolute Gasteiger partial charge is 0.0692 e. The molecule has 0 saturated carbocycles. The Kier molecular flexibility index (Phi) is 7.44. The van der Waals surface area contributed by atoms with Crippen molar-refractivity contribution in [1.82, 2.24) is 5.32 Å². The predicted molar refractivity (Wildman–Crippen MR) is 82.6 cm³/mol. The predicted octanol–water partition coefficient (Wildman–Crippen LogP) is 4.18. The van der Waals surface area contributed by atoms with E-state index in [1.807, 2.05) is 24.3 Å². The Hall–Kier alpha value is -0.570. The van der Waals surface area contributed by atoms with Gasteiger partial charge in [-0.05, 0) is 30.0 Å². The molecule has 0 aliphatic heterocycles. The molecule has 0 radical (unpaired) electrons. The molecule has 0 spiro atoms. The molecule has 0 fully saturated rings. The monoisotopic (exact) mass is 283 g/mol. The van der Waals surface area contributed by atoms with Crippen LogP contribution in [0.5, 0.6) is 0 Å². The molecule has 108 valence electrons. The zero-order valence-corrected chi connectivity index (χ0v) is 13.0. The molecule has 0 amide bonds. The van der Waals surface area contributed by atoms with Crippen molar-refractivity contribution in [2.75, 3.05) is 6.54 Å². The summed E-state index contributed by atoms with van der Waals surface area (Å²) >= 11 is 5.91. The summed E-state index contributed by atoms with van der Waals surface area (Å²) in [5, 5.41) is 14.4. The average molecular weight is 284 g/mol. The fraction of sp³-hybridized carbons (Fsp3) is 0.625. The van der Waals surface area contributed by atoms with Gasteiger partial charge in [0.2, 0.25) is 0 Å². The topological polar surface area (TPSA) is 32.3 Å². The number of aliphatic hydroxyl groups is 1. The van der Waals surface area contributed by atoms with E-state index in [0.29, 0.717) is 12.5 Å². The lowest BCUT2D eigenvalue weighted by Gasteiger charge is -2.24. The largest absolute Gasteiger partial charge is 0.392 e. The van der Waals surface area contributed by atoms with Crippen LogP contribution in [0.3, 0.4) is 0 Å². The van der Waals surface area contributed by atoms with Gasteiger partial charge in [0, 0.05) is 17.6 Å². The van der Waals surface area contributed by atoms with Crippen molar-refractivity contribution in [3.63, 3.8) is 0 Å². The minimum absolute atomic E-state index is 0.267. The normalized spacial score (nSPS) is 14.6. The van der Waals surface area contributed by atoms with E-state index in [0.717, 1.165) is 24.3 Å². The minimum atomic E-state index is -0.267. The molecule has 0 saturated heterocycles. The molecule has 2 atom stereocenters. The van der Waals surface area contributed by atoms with Crippen LogP contribution in [0.2, 0.25) is 5.02 Å². The van der Waals surface area contributed by atoms with E-state index in [1.54, 1.807) is 0 Å². The van der Waals surface area contributed by atoms with E-state index in [1.165, 1.54) is 5.56 Å². The van der Waals surface area contributed by atoms with Gasteiger partial charge in [-0.3, -0.25) is 0 Å². The van der Waals surface area contributed by atoms with Gasteiger partial charge in [0.25, 0.3) is 0 Å². The van der Waals surface area contributed by atoms with Crippen LogP contribution in [0.15, 0.2) is 24.3 Å². The molecule has 0 aromatic heterocycles. The van der Waals surface area contributed by atoms with Crippen LogP contribution in [0.25, 0.3) is 0 Å². The summed E-state index contributed by atoms with van der Waals surface area (Å²) in [7, 11) is 0. The summed E-state index contributed by atoms with van der Waals surface area (Å²) in [6.07, 6.45) is 2.78. The van der Waals surface area contributed by atoms with E-state index in [9.17, 15) is 5.11 Å². The van der Waals surface area contributed by atoms with Gasteiger partial charge in [0.15, 0.2) is 0 Å². The van der Waals surface area contributed by atoms with E-state index >= 15 is 0 Å². The Balaban J connectivity index is 2.55. The van der Waals surface area contributed by atoms with Crippen LogP contribution < -0.4 is 5.32 Å². The quantitative estimate of drug-likeness (QED) is 0.750. The highest BCUT2D eigenvalue weighted by molar-refractivity contribution is 6.30. The Morgan fingerprint density at radius 3 is 2.11 bits per heavy atom. The maximum atomic E-state index is 10.2. The van der Waals surface area contributed by atoms with Gasteiger partial charge >= 0.3 is 0 Å². The summed E-state index contributed by atoms with van der Waals surface area (Å²) in [4.78, 5) is 0. The molecule has 1 rings (SSSR count). The van der Waals surface area contributed by atoms with E-state index in [2.05, 4.69) is 26.1 Å². The van der Waals surface area contributed by atoms with Crippen LogP contribution in [0.4, 0.5) is 0 Å². The summed E-state index contributed by atoms with van der Waals surface area (Å²) in [6.45, 7) is 7.06. The Morgan fingerprint density at radius 2 is 1.63 bits per heavy atom. The molecule has 2 N–H and O–H groups in total. The molecule has 0 heterocycles. The second-order valence-electron chi connectivity index (χ2n) is 5.06. The lowest BCUT2D eigenvalue weighted by Crippen LogP contribution is -2.34. The standard InChI is InChI=1S/C16H26ClNO/c1-4-12(5-2)16(19)11-18-15(6-3)13-7-9-14(17)10-8-13/h7-10,12,15-16,18-19H,4-6,11H2,1-3H3. The molecular formula is C16H26ClNO. The van der Waals surface area contributed by atoms with Gasteiger partial charge < -0.3 is 10.4 Å². The van der Waals surface area contributed by atoms with Crippen molar-refractivity contribution in [3.8, 4) is 0 Å². The third-order valence-electron chi connectivity index (χ3n) is 3.85. The molecule has 1 aromatic rings. The fourth-order valence-corrected chi connectivity index (χ4v) is 2.58. The molecule has 0 aliphatic rings. The third kappa shape index (κ3) is 5.13. The summed E-state index contributed by atoms with van der Waals surface area (Å²) in [5.41, 5.74) is 1.23. The van der Waals surface area contributed by atoms with E-state index < -0.39 is 0 Å². The second kappa shape index (κ2) is 8.57. The zero-order valence-electron chi connectivity index (χ0n) is 12.2. The number of hydrogen-bond donors (Lipinski definition) is 2. The number of halogens is 1. The highest BCUT2D eigenvalue weighted by Crippen LogP contribution is 2.20. The SMILES string of the molecule is CCC(NCC(O)C(CC)CC)c1ccc(Cl)cc1. The highest BCUT2D eigenvalue weighted by Gasteiger charge is 2.17. The molecule has 19 heavy (non-hydrogen) atoms. The second-order valence-corrected chi connectivity index (χ2v) is 5.50. The lowest BCUT2D eigenvalue weighted by atomic mass is 9.96. The first kappa shape index (κ1) is 16.5. The van der Waals surface area contributed by atoms with Gasteiger partial charge in [-0.2, -0.15) is 0 Å². The maximum Gasteiger partial charge on any atom is 0.0692 e. The average Bonchev–Trinajstić information content (AvgIpc) is 2.42. The number of nitrogens with one attached hydrogen (secondary N) is 1. The fourth-order valence-electron chi connectivity index (χ4n) is 2.46. The van der Waals surface area contributed by atoms with Gasteiger partial charge in [-0.1, -0.05) is 57.3 Å². The third-order valence-corrected chi connectivity index (χ3v) is 4.10. The van der Waals surface area contributed by atoms with Crippen LogP contribution in [0, 0.1) is 5.92 Å². The van der Waals surface area contributed by atoms with E-state index in [-0.39, 0.29) is 12.1 Å². The molecule has 1 aromatic carbocycles. The minimum Gasteiger partial charge on any atom is -0.392 e. The Labute approximate surface area is 122 Å². The number of benzene rings is 1. The van der Waals surface area contributed by atoms with Gasteiger partial charge in [0.05, 0.1) is 6.10 Å². The van der Waals surface area contributed by atoms with Crippen LogP contribution in [-0.4, -0.2) is 17.8 Å². The molecule has 0 aliphatic carbocycles. The van der Waals surface area contributed by atoms with Crippen LogP contribution in [0.1, 0.15) is 51.6 Å². The highest BCUT2D eigenvalue weighted by atomic mass is 35.5. The van der Waals surface area contributed by atoms with Crippen molar-refractivity contribution in [2.45, 2.75) is 52.2 Å². The van der Waals surface area contributed by atoms with E-state index in [4.69, 9.17) is 11.6 Å². The first-order chi connectivity index (χ1) is 9.12. The number of rotatable bonds is 8. The Morgan fingerprint density at radius 1 is 1.05 bits per heavy atom. The maximum absolute atomic E-state index is 10.2. The summed E-state index contributed by atoms with van der Waals surface area (Å²) in [6, 6.07) is 8.21. The van der Waals surface area contributed by atoms with Gasteiger partial charge in [-0.25, -0.2) is 0 Å². The first-order valence-corrected chi connectivity index (χ1v) is 7.67. The zero-order chi connectivity index (χ0) is 14.3. The van der Waals surface area contributed by atoms with Crippen LogP contribution in [-0.2, 0) is 0 Å². The van der Waals surface area contributed by atoms with Gasteiger partial charge in [0.1, 0.15) is 0 Å². The van der Waals surface area contributed by atoms with Crippen LogP contribution >= 0.6 is 11.6 Å². The molecular weight excluding hydrogens is 258 g/mol. The van der Waals surface area contributed by atoms with Crippen molar-refractivity contribution >= 4 is 11.6 Å². The summed E-state index contributed by atoms with van der Waals surface area (Å²) in [5.74, 6) is 0.384. The van der Waals surface area contributed by atoms with Gasteiger partial charge in [-0.15, -0.1) is 0 Å². The number of hydrogen-bond acceptors (Lipinski definition) is 2. The molecule has 0 bridgehead atoms. The van der Waals surface area contributed by atoms with Crippen molar-refractivity contribution in [1.29, 1.82) is 0 Å². The van der Waals surface area contributed by atoms with Crippen molar-refractivity contribution in [2.24, 2.45) is 5.92 Å². The lowest BCUT2D eigenvalue weighted by molar-refractivity contribution is 0.0981. The first-order valence-electron chi connectivity index (χ1n) is 7.29. The molecule has 3 heteroatoms.